The molecule has 0 spiro atoms. The van der Waals surface area contributed by atoms with Crippen LogP contribution in [0.25, 0.3) is 0 Å². The third-order valence-electron chi connectivity index (χ3n) is 6.50. The van der Waals surface area contributed by atoms with Gasteiger partial charge in [-0.2, -0.15) is 18.2 Å². The highest BCUT2D eigenvalue weighted by Crippen LogP contribution is 2.42. The Balaban J connectivity index is 1.65. The lowest BCUT2D eigenvalue weighted by Gasteiger charge is -2.44. The van der Waals surface area contributed by atoms with E-state index in [1.54, 1.807) is 56.7 Å². The number of carbonyl (C=O) groups is 1. The number of para-hydroxylation sites is 1. The number of amides is 1. The van der Waals surface area contributed by atoms with Gasteiger partial charge < -0.3 is 20.1 Å². The summed E-state index contributed by atoms with van der Waals surface area (Å²) in [5.41, 5.74) is 1.92. The molecule has 1 aliphatic rings. The topological polar surface area (TPSA) is 87.2 Å². The van der Waals surface area contributed by atoms with E-state index in [1.165, 1.54) is 6.20 Å². The summed E-state index contributed by atoms with van der Waals surface area (Å²) in [6, 6.07) is 11.7. The summed E-state index contributed by atoms with van der Waals surface area (Å²) in [5, 5.41) is 7.09. The Bertz CT molecular complexity index is 1440. The summed E-state index contributed by atoms with van der Waals surface area (Å²) in [4.78, 5) is 21.7. The summed E-state index contributed by atoms with van der Waals surface area (Å²) >= 11 is 6.33. The minimum atomic E-state index is -4.96. The zero-order valence-electron chi connectivity index (χ0n) is 21.5. The van der Waals surface area contributed by atoms with Gasteiger partial charge in [0.1, 0.15) is 12.2 Å². The number of nitrogens with one attached hydrogen (secondary N) is 2. The molecule has 0 bridgehead atoms. The molecule has 12 heteroatoms. The molecular weight excluding hydrogens is 538 g/mol. The highest BCUT2D eigenvalue weighted by molar-refractivity contribution is 7.70. The first-order chi connectivity index (χ1) is 17.6. The lowest BCUT2D eigenvalue weighted by molar-refractivity contribution is -0.189. The Morgan fingerprint density at radius 2 is 1.84 bits per heavy atom. The monoisotopic (exact) mass is 565 g/mol. The Morgan fingerprint density at radius 1 is 1.16 bits per heavy atom. The molecule has 2 heterocycles. The standard InChI is InChI=1S/C26H28ClF3N5O2P/c1-15-17-12-16(10-11-18(17)25(2,3)14-35(15)23(36)26(28,29)30)32-24-31-13-19(27)22(34-24)33-20-8-6-7-9-21(20)38(4,5)37/h6-13,15H,14H2,1-5H3,(H2,31,32,33,34). The first-order valence-corrected chi connectivity index (χ1v) is 14.8. The van der Waals surface area contributed by atoms with Crippen LogP contribution < -0.4 is 15.9 Å². The van der Waals surface area contributed by atoms with Crippen molar-refractivity contribution in [3.05, 3.63) is 64.8 Å². The Morgan fingerprint density at radius 3 is 2.50 bits per heavy atom. The molecule has 38 heavy (non-hydrogen) atoms. The molecule has 0 saturated heterocycles. The number of hydrogen-bond acceptors (Lipinski definition) is 6. The van der Waals surface area contributed by atoms with Crippen LogP contribution >= 0.6 is 18.7 Å². The number of carbonyl (C=O) groups excluding carboxylic acids is 1. The number of nitrogens with zero attached hydrogens (tertiary/aromatic N) is 3. The predicted molar refractivity (Wildman–Crippen MR) is 145 cm³/mol. The molecule has 202 valence electrons. The number of benzene rings is 2. The van der Waals surface area contributed by atoms with Gasteiger partial charge >= 0.3 is 12.1 Å². The lowest BCUT2D eigenvalue weighted by Crippen LogP contribution is -2.51. The molecular formula is C26H28ClF3N5O2P. The van der Waals surface area contributed by atoms with Gasteiger partial charge in [0, 0.05) is 23.0 Å². The highest BCUT2D eigenvalue weighted by atomic mass is 35.5. The minimum Gasteiger partial charge on any atom is -0.338 e. The molecule has 1 aliphatic heterocycles. The van der Waals surface area contributed by atoms with Crippen LogP contribution in [-0.4, -0.2) is 46.8 Å². The van der Waals surface area contributed by atoms with E-state index in [2.05, 4.69) is 20.6 Å². The second-order valence-corrected chi connectivity index (χ2v) is 13.9. The largest absolute Gasteiger partial charge is 0.471 e. The van der Waals surface area contributed by atoms with E-state index in [1.807, 2.05) is 19.9 Å². The van der Waals surface area contributed by atoms with Crippen molar-refractivity contribution in [1.82, 2.24) is 14.9 Å². The Labute approximate surface area is 224 Å². The number of anilines is 4. The molecule has 1 unspecified atom stereocenters. The van der Waals surface area contributed by atoms with Crippen molar-refractivity contribution < 1.29 is 22.5 Å². The van der Waals surface area contributed by atoms with Crippen LogP contribution in [0.3, 0.4) is 0 Å². The predicted octanol–water partition coefficient (Wildman–Crippen LogP) is 6.61. The Hall–Kier alpha value is -3.10. The van der Waals surface area contributed by atoms with E-state index >= 15 is 0 Å². The second-order valence-electron chi connectivity index (χ2n) is 10.3. The SMILES string of the molecule is CC1c2cc(Nc3ncc(Cl)c(Nc4ccccc4P(C)(C)=O)n3)ccc2C(C)(C)CN1C(=O)C(F)(F)F. The number of halogens is 4. The maximum atomic E-state index is 13.3. The van der Waals surface area contributed by atoms with E-state index in [-0.39, 0.29) is 17.5 Å². The van der Waals surface area contributed by atoms with Crippen molar-refractivity contribution in [2.75, 3.05) is 30.5 Å². The molecule has 0 aliphatic carbocycles. The van der Waals surface area contributed by atoms with Gasteiger partial charge in [0.2, 0.25) is 5.95 Å². The fraction of sp³-hybridized carbons (Fsp3) is 0.346. The van der Waals surface area contributed by atoms with E-state index in [0.717, 1.165) is 10.5 Å². The summed E-state index contributed by atoms with van der Waals surface area (Å²) in [5.74, 6) is -1.38. The zero-order chi connectivity index (χ0) is 28.0. The average Bonchev–Trinajstić information content (AvgIpc) is 2.82. The van der Waals surface area contributed by atoms with Gasteiger partial charge in [0.05, 0.1) is 17.9 Å². The molecule has 3 aromatic rings. The molecule has 4 rings (SSSR count). The van der Waals surface area contributed by atoms with Crippen molar-refractivity contribution in [2.24, 2.45) is 0 Å². The molecule has 1 atom stereocenters. The van der Waals surface area contributed by atoms with Gasteiger partial charge in [-0.3, -0.25) is 4.79 Å². The van der Waals surface area contributed by atoms with Crippen LogP contribution in [0, 0.1) is 0 Å². The van der Waals surface area contributed by atoms with Crippen molar-refractivity contribution in [3.8, 4) is 0 Å². The van der Waals surface area contributed by atoms with Gasteiger partial charge in [-0.25, -0.2) is 4.98 Å². The summed E-state index contributed by atoms with van der Waals surface area (Å²) in [7, 11) is -2.59. The summed E-state index contributed by atoms with van der Waals surface area (Å²) < 4.78 is 52.5. The third kappa shape index (κ3) is 5.66. The molecule has 2 aromatic carbocycles. The molecule has 2 N–H and O–H groups in total. The van der Waals surface area contributed by atoms with Gasteiger partial charge in [-0.1, -0.05) is 43.6 Å². The van der Waals surface area contributed by atoms with Gasteiger partial charge in [0.25, 0.3) is 0 Å². The van der Waals surface area contributed by atoms with E-state index in [0.29, 0.717) is 28.1 Å². The second kappa shape index (κ2) is 9.89. The fourth-order valence-corrected chi connectivity index (χ4v) is 5.94. The maximum absolute atomic E-state index is 13.3. The third-order valence-corrected chi connectivity index (χ3v) is 8.33. The van der Waals surface area contributed by atoms with Crippen LogP contribution in [0.4, 0.5) is 36.3 Å². The quantitative estimate of drug-likeness (QED) is 0.339. The van der Waals surface area contributed by atoms with E-state index in [9.17, 15) is 22.5 Å². The lowest BCUT2D eigenvalue weighted by atomic mass is 9.75. The molecule has 7 nitrogen and oxygen atoms in total. The normalized spacial score (nSPS) is 17.1. The zero-order valence-corrected chi connectivity index (χ0v) is 23.2. The van der Waals surface area contributed by atoms with Crippen LogP contribution in [0.2, 0.25) is 5.02 Å². The minimum absolute atomic E-state index is 0.0501. The van der Waals surface area contributed by atoms with Crippen LogP contribution in [0.1, 0.15) is 37.9 Å². The first-order valence-electron chi connectivity index (χ1n) is 11.8. The molecule has 0 radical (unpaired) electrons. The van der Waals surface area contributed by atoms with Gasteiger partial charge in [-0.05, 0) is 55.6 Å². The van der Waals surface area contributed by atoms with Crippen LogP contribution in [0.5, 0.6) is 0 Å². The van der Waals surface area contributed by atoms with E-state index in [4.69, 9.17) is 11.6 Å². The summed E-state index contributed by atoms with van der Waals surface area (Å²) in [6.07, 6.45) is -3.55. The molecule has 0 saturated carbocycles. The van der Waals surface area contributed by atoms with Gasteiger partial charge in [-0.15, -0.1) is 0 Å². The average molecular weight is 566 g/mol. The molecule has 1 amide bonds. The molecule has 1 aromatic heterocycles. The number of alkyl halides is 3. The van der Waals surface area contributed by atoms with Crippen molar-refractivity contribution in [2.45, 2.75) is 38.4 Å². The summed E-state index contributed by atoms with van der Waals surface area (Å²) in [6.45, 7) is 8.50. The number of hydrogen-bond donors (Lipinski definition) is 2. The number of fused-ring (bicyclic) bond motifs is 1. The highest BCUT2D eigenvalue weighted by Gasteiger charge is 2.48. The van der Waals surface area contributed by atoms with Crippen LogP contribution in [-0.2, 0) is 14.8 Å². The first kappa shape index (κ1) is 27.9. The number of rotatable bonds is 5. The smallest absolute Gasteiger partial charge is 0.338 e. The van der Waals surface area contributed by atoms with E-state index < -0.39 is 30.7 Å². The van der Waals surface area contributed by atoms with Gasteiger partial charge in [0.15, 0.2) is 5.82 Å². The van der Waals surface area contributed by atoms with Crippen molar-refractivity contribution in [1.29, 1.82) is 0 Å². The van der Waals surface area contributed by atoms with Crippen molar-refractivity contribution in [3.63, 3.8) is 0 Å². The maximum Gasteiger partial charge on any atom is 0.471 e. The van der Waals surface area contributed by atoms with Crippen LogP contribution in [0.15, 0.2) is 48.7 Å². The fourth-order valence-electron chi connectivity index (χ4n) is 4.65. The molecule has 0 fully saturated rings. The van der Waals surface area contributed by atoms with Crippen molar-refractivity contribution >= 4 is 53.1 Å². The number of aromatic nitrogens is 2. The Kier molecular flexibility index (Phi) is 7.27.